The second kappa shape index (κ2) is 15.1. The van der Waals surface area contributed by atoms with Crippen LogP contribution in [0.3, 0.4) is 0 Å². The summed E-state index contributed by atoms with van der Waals surface area (Å²) in [6.45, 7) is 6.60. The monoisotopic (exact) mass is 666 g/mol. The number of carboxylic acid groups (broad SMARTS) is 1. The van der Waals surface area contributed by atoms with Crippen LogP contribution in [0.1, 0.15) is 31.4 Å². The number of para-hydroxylation sites is 1. The molecule has 0 atom stereocenters. The van der Waals surface area contributed by atoms with E-state index in [1.54, 1.807) is 24.3 Å². The average Bonchev–Trinajstić information content (AvgIpc) is 3.08. The Balaban J connectivity index is 1.19. The number of alkyl halides is 3. The van der Waals surface area contributed by atoms with Gasteiger partial charge in [-0.1, -0.05) is 30.3 Å². The Kier molecular flexibility index (Phi) is 10.7. The molecule has 4 aromatic rings. The highest BCUT2D eigenvalue weighted by molar-refractivity contribution is 5.76. The predicted molar refractivity (Wildman–Crippen MR) is 174 cm³/mol. The number of nitrogens with zero attached hydrogens (tertiary/aromatic N) is 5. The summed E-state index contributed by atoms with van der Waals surface area (Å²) in [6, 6.07) is 21.8. The normalized spacial score (nSPS) is 13.6. The van der Waals surface area contributed by atoms with Crippen LogP contribution in [0.2, 0.25) is 0 Å². The minimum absolute atomic E-state index is 0.114. The number of carboxylic acids is 1. The first-order valence-corrected chi connectivity index (χ1v) is 15.5. The van der Waals surface area contributed by atoms with Crippen molar-refractivity contribution in [2.75, 3.05) is 54.5 Å². The first kappa shape index (κ1) is 34.1. The Hall–Kier alpha value is -5.27. The van der Waals surface area contributed by atoms with Gasteiger partial charge in [0.15, 0.2) is 5.60 Å². The van der Waals surface area contributed by atoms with Crippen molar-refractivity contribution in [3.8, 4) is 17.5 Å². The summed E-state index contributed by atoms with van der Waals surface area (Å²) in [6.07, 6.45) is -3.90. The molecule has 0 radical (unpaired) electrons. The molecule has 0 amide bonds. The van der Waals surface area contributed by atoms with Crippen LogP contribution < -0.4 is 29.3 Å². The first-order valence-electron chi connectivity index (χ1n) is 15.5. The zero-order chi connectivity index (χ0) is 34.1. The van der Waals surface area contributed by atoms with Gasteiger partial charge in [0.1, 0.15) is 11.5 Å². The van der Waals surface area contributed by atoms with Gasteiger partial charge < -0.3 is 34.4 Å². The number of nitrogens with one attached hydrogen (secondary N) is 1. The summed E-state index contributed by atoms with van der Waals surface area (Å²) in [5.41, 5.74) is -0.299. The lowest BCUT2D eigenvalue weighted by Gasteiger charge is -2.36. The molecule has 14 heteroatoms. The predicted octanol–water partition coefficient (Wildman–Crippen LogP) is 5.92. The number of rotatable bonds is 14. The van der Waals surface area contributed by atoms with Crippen LogP contribution in [0.4, 0.5) is 30.8 Å². The lowest BCUT2D eigenvalue weighted by molar-refractivity contribution is -0.152. The van der Waals surface area contributed by atoms with Crippen LogP contribution in [0, 0.1) is 0 Å². The third kappa shape index (κ3) is 9.39. The molecule has 2 heterocycles. The molecule has 5 rings (SSSR count). The van der Waals surface area contributed by atoms with E-state index in [1.807, 2.05) is 23.1 Å². The Bertz CT molecular complexity index is 1630. The molecule has 2 N–H and O–H groups in total. The van der Waals surface area contributed by atoms with E-state index < -0.39 is 23.3 Å². The number of aromatic nitrogens is 3. The van der Waals surface area contributed by atoms with Crippen LogP contribution in [0.25, 0.3) is 0 Å². The van der Waals surface area contributed by atoms with Crippen molar-refractivity contribution < 1.29 is 37.3 Å². The fourth-order valence-corrected chi connectivity index (χ4v) is 4.78. The first-order chi connectivity index (χ1) is 23.0. The van der Waals surface area contributed by atoms with Crippen molar-refractivity contribution in [1.29, 1.82) is 0 Å². The summed E-state index contributed by atoms with van der Waals surface area (Å²) in [4.78, 5) is 29.2. The lowest BCUT2D eigenvalue weighted by Crippen LogP contribution is -2.47. The van der Waals surface area contributed by atoms with Crippen LogP contribution in [0.5, 0.6) is 17.5 Å². The molecule has 0 unspecified atom stereocenters. The summed E-state index contributed by atoms with van der Waals surface area (Å²) in [5, 5.41) is 12.3. The molecule has 48 heavy (non-hydrogen) atoms. The third-order valence-corrected chi connectivity index (χ3v) is 7.52. The molecule has 1 fully saturated rings. The van der Waals surface area contributed by atoms with Gasteiger partial charge in [-0.05, 0) is 67.9 Å². The molecule has 1 aliphatic heterocycles. The molecule has 11 nitrogen and oxygen atoms in total. The van der Waals surface area contributed by atoms with E-state index in [1.165, 1.54) is 26.0 Å². The summed E-state index contributed by atoms with van der Waals surface area (Å²) in [5.74, 6) is 0.605. The zero-order valence-electron chi connectivity index (χ0n) is 26.6. The van der Waals surface area contributed by atoms with Gasteiger partial charge in [0.2, 0.25) is 11.9 Å². The molecule has 0 aliphatic carbocycles. The lowest BCUT2D eigenvalue weighted by atomic mass is 10.1. The maximum absolute atomic E-state index is 13.0. The molecular formula is C34H37F3N6O5. The quantitative estimate of drug-likeness (QED) is 0.156. The highest BCUT2D eigenvalue weighted by atomic mass is 19.4. The number of halogens is 3. The van der Waals surface area contributed by atoms with E-state index in [-0.39, 0.29) is 25.1 Å². The summed E-state index contributed by atoms with van der Waals surface area (Å²) < 4.78 is 56.1. The van der Waals surface area contributed by atoms with Gasteiger partial charge in [0.25, 0.3) is 0 Å². The van der Waals surface area contributed by atoms with Gasteiger partial charge in [0, 0.05) is 44.8 Å². The fraction of sp³-hybridized carbons (Fsp3) is 0.353. The largest absolute Gasteiger partial charge is 0.493 e. The van der Waals surface area contributed by atoms with E-state index >= 15 is 0 Å². The molecule has 254 valence electrons. The molecule has 1 aliphatic rings. The Labute approximate surface area is 276 Å². The van der Waals surface area contributed by atoms with Gasteiger partial charge in [-0.15, -0.1) is 0 Å². The van der Waals surface area contributed by atoms with Crippen molar-refractivity contribution in [3.63, 3.8) is 0 Å². The number of hydrogen-bond donors (Lipinski definition) is 2. The molecule has 1 aromatic heterocycles. The highest BCUT2D eigenvalue weighted by Gasteiger charge is 2.30. The van der Waals surface area contributed by atoms with Gasteiger partial charge in [-0.25, -0.2) is 4.79 Å². The summed E-state index contributed by atoms with van der Waals surface area (Å²) in [7, 11) is 0. The maximum atomic E-state index is 13.0. The van der Waals surface area contributed by atoms with Gasteiger partial charge in [0.05, 0.1) is 18.8 Å². The molecular weight excluding hydrogens is 629 g/mol. The van der Waals surface area contributed by atoms with E-state index in [2.05, 4.69) is 37.3 Å². The molecule has 3 aromatic carbocycles. The zero-order valence-corrected chi connectivity index (χ0v) is 26.6. The topological polar surface area (TPSA) is 122 Å². The number of ether oxygens (including phenoxy) is 3. The molecule has 1 saturated heterocycles. The third-order valence-electron chi connectivity index (χ3n) is 7.52. The van der Waals surface area contributed by atoms with E-state index in [0.29, 0.717) is 49.1 Å². The standard InChI is InChI=1S/C34H37F3N6O5/c1-33(2,29(44)45)48-28-15-13-27(14-16-28)46-21-6-22-47-32-40-30(38-23-24-9-11-25(12-10-24)34(35,36)37)39-31(41-32)43-19-17-42(18-20-43)26-7-4-3-5-8-26/h3-5,7-16H,6,17-23H2,1-2H3,(H,44,45)(H,38,39,40,41). The van der Waals surface area contributed by atoms with Crippen molar-refractivity contribution in [2.45, 2.75) is 38.6 Å². The average molecular weight is 667 g/mol. The smallest absolute Gasteiger partial charge is 0.416 e. The number of piperazine rings is 1. The molecule has 0 bridgehead atoms. The molecule has 0 spiro atoms. The van der Waals surface area contributed by atoms with E-state index in [9.17, 15) is 23.1 Å². The second-order valence-corrected chi connectivity index (χ2v) is 11.5. The van der Waals surface area contributed by atoms with Crippen molar-refractivity contribution >= 4 is 23.6 Å². The number of carbonyl (C=O) groups is 1. The van der Waals surface area contributed by atoms with Crippen LogP contribution in [-0.4, -0.2) is 71.0 Å². The summed E-state index contributed by atoms with van der Waals surface area (Å²) >= 11 is 0. The van der Waals surface area contributed by atoms with E-state index in [0.717, 1.165) is 30.9 Å². The van der Waals surface area contributed by atoms with Crippen molar-refractivity contribution in [1.82, 2.24) is 15.0 Å². The minimum atomic E-state index is -4.41. The minimum Gasteiger partial charge on any atom is -0.493 e. The van der Waals surface area contributed by atoms with E-state index in [4.69, 9.17) is 14.2 Å². The van der Waals surface area contributed by atoms with Crippen LogP contribution in [0.15, 0.2) is 78.9 Å². The number of aliphatic carboxylic acids is 1. The number of anilines is 3. The Morgan fingerprint density at radius 3 is 2.08 bits per heavy atom. The van der Waals surface area contributed by atoms with Crippen LogP contribution >= 0.6 is 0 Å². The number of hydrogen-bond acceptors (Lipinski definition) is 10. The fourth-order valence-electron chi connectivity index (χ4n) is 4.78. The Morgan fingerprint density at radius 1 is 0.812 bits per heavy atom. The Morgan fingerprint density at radius 2 is 1.44 bits per heavy atom. The van der Waals surface area contributed by atoms with Gasteiger partial charge in [-0.2, -0.15) is 28.1 Å². The molecule has 0 saturated carbocycles. The van der Waals surface area contributed by atoms with Gasteiger partial charge in [-0.3, -0.25) is 0 Å². The van der Waals surface area contributed by atoms with Crippen LogP contribution in [-0.2, 0) is 17.5 Å². The van der Waals surface area contributed by atoms with Gasteiger partial charge >= 0.3 is 18.2 Å². The maximum Gasteiger partial charge on any atom is 0.416 e. The van der Waals surface area contributed by atoms with Crippen molar-refractivity contribution in [3.05, 3.63) is 90.0 Å². The second-order valence-electron chi connectivity index (χ2n) is 11.5. The SMILES string of the molecule is CC(C)(Oc1ccc(OCCCOc2nc(NCc3ccc(C(F)(F)F)cc3)nc(N3CCN(c4ccccc4)CC3)n2)cc1)C(=O)O. The number of benzene rings is 3. The van der Waals surface area contributed by atoms with Crippen molar-refractivity contribution in [2.24, 2.45) is 0 Å². The highest BCUT2D eigenvalue weighted by Crippen LogP contribution is 2.29.